The Morgan fingerprint density at radius 2 is 2.06 bits per heavy atom. The number of anilines is 1. The van der Waals surface area contributed by atoms with Crippen molar-refractivity contribution in [1.82, 2.24) is 4.98 Å². The molecule has 2 aromatic rings. The third-order valence-corrected chi connectivity index (χ3v) is 2.96. The molecule has 5 heteroatoms. The van der Waals surface area contributed by atoms with Gasteiger partial charge in [0.25, 0.3) is 0 Å². The van der Waals surface area contributed by atoms with Crippen LogP contribution in [0.2, 0.25) is 5.15 Å². The van der Waals surface area contributed by atoms with Crippen LogP contribution in [-0.4, -0.2) is 10.9 Å². The third kappa shape index (κ3) is 3.31. The molecule has 0 radical (unpaired) electrons. The van der Waals surface area contributed by atoms with Gasteiger partial charge in [-0.25, -0.2) is 4.98 Å². The zero-order valence-corrected chi connectivity index (χ0v) is 11.9. The van der Waals surface area contributed by atoms with Crippen LogP contribution in [0.4, 0.5) is 5.69 Å². The first kappa shape index (κ1) is 13.1. The van der Waals surface area contributed by atoms with Gasteiger partial charge in [0, 0.05) is 28.8 Å². The lowest BCUT2D eigenvalue weighted by atomic mass is 10.1. The predicted octanol–water partition coefficient (Wildman–Crippen LogP) is 4.12. The SMILES string of the molecule is CC(=O)Nc1cc(Br)cc(-c2ccc(Cl)nc2)c1. The number of hydrogen-bond acceptors (Lipinski definition) is 2. The number of rotatable bonds is 2. The van der Waals surface area contributed by atoms with E-state index in [1.165, 1.54) is 6.92 Å². The van der Waals surface area contributed by atoms with Gasteiger partial charge in [-0.1, -0.05) is 27.5 Å². The van der Waals surface area contributed by atoms with E-state index in [1.807, 2.05) is 24.3 Å². The summed E-state index contributed by atoms with van der Waals surface area (Å²) in [6.45, 7) is 1.48. The zero-order valence-electron chi connectivity index (χ0n) is 9.58. The molecule has 1 N–H and O–H groups in total. The van der Waals surface area contributed by atoms with Crippen LogP contribution < -0.4 is 5.32 Å². The van der Waals surface area contributed by atoms with Crippen LogP contribution >= 0.6 is 27.5 Å². The molecule has 0 aliphatic carbocycles. The Morgan fingerprint density at radius 3 is 2.67 bits per heavy atom. The van der Waals surface area contributed by atoms with Crippen molar-refractivity contribution < 1.29 is 4.79 Å². The van der Waals surface area contributed by atoms with Crippen LogP contribution in [0.5, 0.6) is 0 Å². The lowest BCUT2D eigenvalue weighted by Gasteiger charge is -2.07. The number of halogens is 2. The average Bonchev–Trinajstić information content (AvgIpc) is 2.28. The van der Waals surface area contributed by atoms with E-state index in [1.54, 1.807) is 12.3 Å². The first-order valence-corrected chi connectivity index (χ1v) is 6.42. The van der Waals surface area contributed by atoms with E-state index < -0.39 is 0 Å². The Bertz CT molecular complexity index is 584. The van der Waals surface area contributed by atoms with Crippen LogP contribution in [0.25, 0.3) is 11.1 Å². The molecule has 0 bridgehead atoms. The lowest BCUT2D eigenvalue weighted by Crippen LogP contribution is -2.05. The fourth-order valence-corrected chi connectivity index (χ4v) is 2.18. The average molecular weight is 326 g/mol. The Kier molecular flexibility index (Phi) is 3.99. The molecule has 0 unspecified atom stereocenters. The fourth-order valence-electron chi connectivity index (χ4n) is 1.58. The highest BCUT2D eigenvalue weighted by Crippen LogP contribution is 2.27. The lowest BCUT2D eigenvalue weighted by molar-refractivity contribution is -0.114. The monoisotopic (exact) mass is 324 g/mol. The predicted molar refractivity (Wildman–Crippen MR) is 76.7 cm³/mol. The summed E-state index contributed by atoms with van der Waals surface area (Å²) in [4.78, 5) is 15.1. The molecule has 0 aliphatic heterocycles. The molecule has 0 saturated carbocycles. The van der Waals surface area contributed by atoms with Gasteiger partial charge in [-0.05, 0) is 35.9 Å². The Labute approximate surface area is 118 Å². The number of hydrogen-bond donors (Lipinski definition) is 1. The van der Waals surface area contributed by atoms with Crippen molar-refractivity contribution >= 4 is 39.1 Å². The molecule has 0 atom stereocenters. The molecule has 0 spiro atoms. The van der Waals surface area contributed by atoms with Crippen LogP contribution in [0.1, 0.15) is 6.92 Å². The Hall–Kier alpha value is -1.39. The van der Waals surface area contributed by atoms with Crippen LogP contribution in [-0.2, 0) is 4.79 Å². The van der Waals surface area contributed by atoms with Gasteiger partial charge in [-0.3, -0.25) is 4.79 Å². The van der Waals surface area contributed by atoms with E-state index in [9.17, 15) is 4.79 Å². The van der Waals surface area contributed by atoms with Crippen molar-refractivity contribution in [3.05, 3.63) is 46.2 Å². The van der Waals surface area contributed by atoms with Gasteiger partial charge >= 0.3 is 0 Å². The van der Waals surface area contributed by atoms with Gasteiger partial charge in [0.05, 0.1) is 0 Å². The summed E-state index contributed by atoms with van der Waals surface area (Å²) in [6.07, 6.45) is 1.70. The van der Waals surface area contributed by atoms with Gasteiger partial charge in [0.15, 0.2) is 0 Å². The molecule has 2 rings (SSSR count). The van der Waals surface area contributed by atoms with E-state index >= 15 is 0 Å². The number of aromatic nitrogens is 1. The van der Waals surface area contributed by atoms with E-state index in [0.717, 1.165) is 21.3 Å². The van der Waals surface area contributed by atoms with Gasteiger partial charge < -0.3 is 5.32 Å². The van der Waals surface area contributed by atoms with Crippen molar-refractivity contribution in [1.29, 1.82) is 0 Å². The van der Waals surface area contributed by atoms with Crippen molar-refractivity contribution in [3.8, 4) is 11.1 Å². The number of amides is 1. The second-order valence-corrected chi connectivity index (χ2v) is 5.08. The first-order valence-electron chi connectivity index (χ1n) is 5.25. The van der Waals surface area contributed by atoms with E-state index in [0.29, 0.717) is 5.15 Å². The van der Waals surface area contributed by atoms with E-state index in [-0.39, 0.29) is 5.91 Å². The van der Waals surface area contributed by atoms with Gasteiger partial charge in [-0.15, -0.1) is 0 Å². The number of nitrogens with one attached hydrogen (secondary N) is 1. The standard InChI is InChI=1S/C13H10BrClN2O/c1-8(18)17-12-5-10(4-11(14)6-12)9-2-3-13(15)16-7-9/h2-7H,1H3,(H,17,18). The van der Waals surface area contributed by atoms with Crippen LogP contribution in [0.15, 0.2) is 41.0 Å². The molecule has 1 amide bonds. The third-order valence-electron chi connectivity index (χ3n) is 2.28. The van der Waals surface area contributed by atoms with Crippen molar-refractivity contribution in [2.45, 2.75) is 6.92 Å². The minimum atomic E-state index is -0.103. The summed E-state index contributed by atoms with van der Waals surface area (Å²) >= 11 is 9.17. The first-order chi connectivity index (χ1) is 8.54. The van der Waals surface area contributed by atoms with Crippen molar-refractivity contribution in [2.75, 3.05) is 5.32 Å². The molecule has 0 fully saturated rings. The van der Waals surface area contributed by atoms with Gasteiger partial charge in [-0.2, -0.15) is 0 Å². The van der Waals surface area contributed by atoms with Gasteiger partial charge in [0.1, 0.15) is 5.15 Å². The molecule has 1 aromatic carbocycles. The topological polar surface area (TPSA) is 42.0 Å². The summed E-state index contributed by atoms with van der Waals surface area (Å²) < 4.78 is 0.888. The molecular weight excluding hydrogens is 316 g/mol. The molecule has 92 valence electrons. The van der Waals surface area contributed by atoms with Crippen molar-refractivity contribution in [3.63, 3.8) is 0 Å². The maximum absolute atomic E-state index is 11.1. The molecular formula is C13H10BrClN2O. The second-order valence-electron chi connectivity index (χ2n) is 3.78. The number of carbonyl (C=O) groups is 1. The highest BCUT2D eigenvalue weighted by atomic mass is 79.9. The number of nitrogens with zero attached hydrogens (tertiary/aromatic N) is 1. The molecule has 0 saturated heterocycles. The molecule has 0 aliphatic rings. The van der Waals surface area contributed by atoms with Crippen LogP contribution in [0, 0.1) is 0 Å². The quantitative estimate of drug-likeness (QED) is 0.844. The molecule has 1 heterocycles. The van der Waals surface area contributed by atoms with E-state index in [4.69, 9.17) is 11.6 Å². The number of pyridine rings is 1. The number of carbonyl (C=O) groups excluding carboxylic acids is 1. The summed E-state index contributed by atoms with van der Waals surface area (Å²) in [6, 6.07) is 9.30. The molecule has 18 heavy (non-hydrogen) atoms. The van der Waals surface area contributed by atoms with E-state index in [2.05, 4.69) is 26.2 Å². The van der Waals surface area contributed by atoms with Gasteiger partial charge in [0.2, 0.25) is 5.91 Å². The Morgan fingerprint density at radius 1 is 1.28 bits per heavy atom. The summed E-state index contributed by atoms with van der Waals surface area (Å²) in [5, 5.41) is 3.21. The fraction of sp³-hybridized carbons (Fsp3) is 0.0769. The van der Waals surface area contributed by atoms with Crippen molar-refractivity contribution in [2.24, 2.45) is 0 Å². The normalized spacial score (nSPS) is 10.2. The minimum Gasteiger partial charge on any atom is -0.326 e. The second kappa shape index (κ2) is 5.50. The summed E-state index contributed by atoms with van der Waals surface area (Å²) in [7, 11) is 0. The highest BCUT2D eigenvalue weighted by Gasteiger charge is 2.04. The summed E-state index contributed by atoms with van der Waals surface area (Å²) in [5.74, 6) is -0.103. The molecule has 1 aromatic heterocycles. The molecule has 3 nitrogen and oxygen atoms in total. The largest absolute Gasteiger partial charge is 0.326 e. The maximum atomic E-state index is 11.1. The number of benzene rings is 1. The maximum Gasteiger partial charge on any atom is 0.221 e. The Balaban J connectivity index is 2.41. The highest BCUT2D eigenvalue weighted by molar-refractivity contribution is 9.10. The van der Waals surface area contributed by atoms with Crippen LogP contribution in [0.3, 0.4) is 0 Å². The zero-order chi connectivity index (χ0) is 13.1. The summed E-state index contributed by atoms with van der Waals surface area (Å²) in [5.41, 5.74) is 2.63. The smallest absolute Gasteiger partial charge is 0.221 e. The minimum absolute atomic E-state index is 0.103.